The summed E-state index contributed by atoms with van der Waals surface area (Å²) in [5.41, 5.74) is 0. The van der Waals surface area contributed by atoms with E-state index in [1.54, 1.807) is 0 Å². The van der Waals surface area contributed by atoms with E-state index in [0.29, 0.717) is 13.0 Å². The highest BCUT2D eigenvalue weighted by atomic mass is 16.5. The molecule has 0 fully saturated rings. The molecule has 132 valence electrons. The lowest BCUT2D eigenvalue weighted by atomic mass is 10.1. The third-order valence-corrected chi connectivity index (χ3v) is 3.57. The molecule has 6 nitrogen and oxygen atoms in total. The van der Waals surface area contributed by atoms with Crippen LogP contribution < -0.4 is 5.32 Å². The minimum atomic E-state index is -1.57. The molecule has 0 aromatic carbocycles. The van der Waals surface area contributed by atoms with Gasteiger partial charge < -0.3 is 20.7 Å². The van der Waals surface area contributed by atoms with Gasteiger partial charge in [-0.05, 0) is 6.42 Å². The number of amides is 1. The fraction of sp³-hybridized carbons (Fsp3) is 0.938. The standard InChI is InChI=1S/C16H34N2O4/c1-2-3-4-5-6-7-8-9-10-11-15(19)17-12-13-18(22)14-16(20)21/h16,20-22H,2-14H2,1H3,(H,17,19). The molecule has 0 aliphatic heterocycles. The highest BCUT2D eigenvalue weighted by Crippen LogP contribution is 2.10. The summed E-state index contributed by atoms with van der Waals surface area (Å²) in [6.45, 7) is 2.47. The molecule has 0 saturated heterocycles. The first kappa shape index (κ1) is 21.3. The largest absolute Gasteiger partial charge is 0.367 e. The molecule has 0 unspecified atom stereocenters. The number of hydroxylamine groups is 2. The zero-order valence-electron chi connectivity index (χ0n) is 14.0. The SMILES string of the molecule is CCCCCCCCCCCC(=O)NCCN(O)CC(O)O. The van der Waals surface area contributed by atoms with E-state index < -0.39 is 6.29 Å². The minimum absolute atomic E-state index is 0.0131. The summed E-state index contributed by atoms with van der Waals surface area (Å²) < 4.78 is 0. The average Bonchev–Trinajstić information content (AvgIpc) is 2.44. The summed E-state index contributed by atoms with van der Waals surface area (Å²) in [6.07, 6.45) is 9.98. The normalized spacial score (nSPS) is 11.4. The molecule has 22 heavy (non-hydrogen) atoms. The number of carbonyl (C=O) groups is 1. The van der Waals surface area contributed by atoms with Crippen molar-refractivity contribution >= 4 is 5.91 Å². The molecule has 0 spiro atoms. The van der Waals surface area contributed by atoms with E-state index in [4.69, 9.17) is 10.2 Å². The third-order valence-electron chi connectivity index (χ3n) is 3.57. The molecule has 0 aromatic heterocycles. The quantitative estimate of drug-likeness (QED) is 0.211. The van der Waals surface area contributed by atoms with Crippen LogP contribution in [0.15, 0.2) is 0 Å². The van der Waals surface area contributed by atoms with Crippen LogP contribution >= 0.6 is 0 Å². The van der Waals surface area contributed by atoms with Crippen molar-refractivity contribution in [2.45, 2.75) is 77.4 Å². The van der Waals surface area contributed by atoms with Crippen LogP contribution in [-0.4, -0.2) is 52.3 Å². The van der Waals surface area contributed by atoms with Gasteiger partial charge in [0.15, 0.2) is 6.29 Å². The van der Waals surface area contributed by atoms with Gasteiger partial charge in [-0.25, -0.2) is 0 Å². The Hall–Kier alpha value is -0.690. The van der Waals surface area contributed by atoms with Crippen LogP contribution in [0.4, 0.5) is 0 Å². The molecule has 0 radical (unpaired) electrons. The maximum absolute atomic E-state index is 11.5. The molecule has 0 aromatic rings. The molecule has 0 atom stereocenters. The van der Waals surface area contributed by atoms with E-state index in [2.05, 4.69) is 12.2 Å². The number of aliphatic hydroxyl groups excluding tert-OH is 1. The smallest absolute Gasteiger partial charge is 0.220 e. The first-order valence-corrected chi connectivity index (χ1v) is 8.63. The lowest BCUT2D eigenvalue weighted by molar-refractivity contribution is -0.157. The Morgan fingerprint density at radius 1 is 1.00 bits per heavy atom. The zero-order chi connectivity index (χ0) is 16.6. The van der Waals surface area contributed by atoms with E-state index in [0.717, 1.165) is 17.9 Å². The summed E-state index contributed by atoms with van der Waals surface area (Å²) in [5, 5.41) is 30.0. The molecular weight excluding hydrogens is 284 g/mol. The second kappa shape index (κ2) is 15.2. The van der Waals surface area contributed by atoms with E-state index in [1.165, 1.54) is 44.9 Å². The number of aliphatic hydroxyl groups is 2. The number of nitrogens with one attached hydrogen (secondary N) is 1. The van der Waals surface area contributed by atoms with Crippen molar-refractivity contribution in [1.29, 1.82) is 0 Å². The van der Waals surface area contributed by atoms with Gasteiger partial charge in [0.05, 0.1) is 6.54 Å². The molecule has 0 aliphatic carbocycles. The van der Waals surface area contributed by atoms with Crippen LogP contribution in [-0.2, 0) is 4.79 Å². The van der Waals surface area contributed by atoms with Crippen molar-refractivity contribution < 1.29 is 20.2 Å². The van der Waals surface area contributed by atoms with Crippen LogP contribution in [0.1, 0.15) is 71.1 Å². The van der Waals surface area contributed by atoms with Crippen molar-refractivity contribution in [1.82, 2.24) is 10.4 Å². The summed E-state index contributed by atoms with van der Waals surface area (Å²) in [5.74, 6) is -0.0131. The van der Waals surface area contributed by atoms with Gasteiger partial charge >= 0.3 is 0 Å². The molecule has 0 rings (SSSR count). The zero-order valence-corrected chi connectivity index (χ0v) is 14.0. The van der Waals surface area contributed by atoms with E-state index in [1.807, 2.05) is 0 Å². The summed E-state index contributed by atoms with van der Waals surface area (Å²) in [7, 11) is 0. The van der Waals surface area contributed by atoms with Gasteiger partial charge in [0.25, 0.3) is 0 Å². The lowest BCUT2D eigenvalue weighted by Crippen LogP contribution is -2.36. The van der Waals surface area contributed by atoms with E-state index >= 15 is 0 Å². The Morgan fingerprint density at radius 3 is 2.09 bits per heavy atom. The van der Waals surface area contributed by atoms with Crippen molar-refractivity contribution in [3.63, 3.8) is 0 Å². The molecule has 0 saturated carbocycles. The molecular formula is C16H34N2O4. The predicted molar refractivity (Wildman–Crippen MR) is 86.4 cm³/mol. The first-order valence-electron chi connectivity index (χ1n) is 8.63. The molecule has 0 bridgehead atoms. The maximum atomic E-state index is 11.5. The van der Waals surface area contributed by atoms with Crippen LogP contribution in [0.3, 0.4) is 0 Å². The van der Waals surface area contributed by atoms with Crippen molar-refractivity contribution in [3.05, 3.63) is 0 Å². The Labute approximate surface area is 134 Å². The van der Waals surface area contributed by atoms with Crippen LogP contribution in [0.25, 0.3) is 0 Å². The van der Waals surface area contributed by atoms with Gasteiger partial charge in [-0.15, -0.1) is 0 Å². The number of rotatable bonds is 15. The molecule has 1 amide bonds. The monoisotopic (exact) mass is 318 g/mol. The van der Waals surface area contributed by atoms with Gasteiger partial charge in [-0.3, -0.25) is 4.79 Å². The number of hydrogen-bond donors (Lipinski definition) is 4. The van der Waals surface area contributed by atoms with Gasteiger partial charge in [-0.1, -0.05) is 58.3 Å². The lowest BCUT2D eigenvalue weighted by Gasteiger charge is -2.15. The molecule has 4 N–H and O–H groups in total. The van der Waals surface area contributed by atoms with Gasteiger partial charge in [-0.2, -0.15) is 5.06 Å². The molecule has 0 heterocycles. The van der Waals surface area contributed by atoms with Gasteiger partial charge in [0.2, 0.25) is 5.91 Å². The molecule has 6 heteroatoms. The summed E-state index contributed by atoms with van der Waals surface area (Å²) in [6, 6.07) is 0. The van der Waals surface area contributed by atoms with Gasteiger partial charge in [0, 0.05) is 19.5 Å². The topological polar surface area (TPSA) is 93.0 Å². The highest BCUT2D eigenvalue weighted by molar-refractivity contribution is 5.75. The van der Waals surface area contributed by atoms with Crippen LogP contribution in [0.2, 0.25) is 0 Å². The summed E-state index contributed by atoms with van der Waals surface area (Å²) in [4.78, 5) is 11.5. The fourth-order valence-corrected chi connectivity index (χ4v) is 2.29. The number of nitrogens with zero attached hydrogens (tertiary/aromatic N) is 1. The van der Waals surface area contributed by atoms with Crippen molar-refractivity contribution in [2.75, 3.05) is 19.6 Å². The van der Waals surface area contributed by atoms with Gasteiger partial charge in [0.1, 0.15) is 0 Å². The van der Waals surface area contributed by atoms with Crippen molar-refractivity contribution in [3.8, 4) is 0 Å². The second-order valence-corrected chi connectivity index (χ2v) is 5.82. The Morgan fingerprint density at radius 2 is 1.55 bits per heavy atom. The maximum Gasteiger partial charge on any atom is 0.220 e. The van der Waals surface area contributed by atoms with Crippen molar-refractivity contribution in [2.24, 2.45) is 0 Å². The minimum Gasteiger partial charge on any atom is -0.367 e. The van der Waals surface area contributed by atoms with Crippen LogP contribution in [0.5, 0.6) is 0 Å². The predicted octanol–water partition coefficient (Wildman–Crippen LogP) is 2.03. The number of carbonyl (C=O) groups excluding carboxylic acids is 1. The van der Waals surface area contributed by atoms with Crippen LogP contribution in [0, 0.1) is 0 Å². The molecule has 0 aliphatic rings. The Bertz CT molecular complexity index is 263. The number of unbranched alkanes of at least 4 members (excludes halogenated alkanes) is 8. The number of hydrogen-bond acceptors (Lipinski definition) is 5. The van der Waals surface area contributed by atoms with E-state index in [-0.39, 0.29) is 19.0 Å². The average molecular weight is 318 g/mol. The fourth-order valence-electron chi connectivity index (χ4n) is 2.29. The highest BCUT2D eigenvalue weighted by Gasteiger charge is 2.06. The second-order valence-electron chi connectivity index (χ2n) is 5.82. The Balaban J connectivity index is 3.29. The summed E-state index contributed by atoms with van der Waals surface area (Å²) >= 11 is 0. The van der Waals surface area contributed by atoms with E-state index in [9.17, 15) is 10.0 Å². The third kappa shape index (κ3) is 15.7. The Kier molecular flexibility index (Phi) is 14.7. The first-order chi connectivity index (χ1) is 10.6.